The van der Waals surface area contributed by atoms with Gasteiger partial charge in [0.15, 0.2) is 6.72 Å². The van der Waals surface area contributed by atoms with Crippen LogP contribution in [0.3, 0.4) is 0 Å². The number of rotatable bonds is 4. The van der Waals surface area contributed by atoms with Crippen LogP contribution in [-0.4, -0.2) is 27.4 Å². The minimum absolute atomic E-state index is 0.0572. The Balaban J connectivity index is 1.74. The highest BCUT2D eigenvalue weighted by atomic mass is 15.6. The SMILES string of the molecule is C=[N+](c1c[nH]c2ccccc12)N(Cc1cccc2ccccc12)C(=N)N. The lowest BCUT2D eigenvalue weighted by Crippen LogP contribution is -2.41. The summed E-state index contributed by atoms with van der Waals surface area (Å²) in [4.78, 5) is 3.24. The van der Waals surface area contributed by atoms with Crippen molar-refractivity contribution < 1.29 is 4.68 Å². The molecular formula is C21H20N5+. The number of nitrogens with zero attached hydrogens (tertiary/aromatic N) is 2. The van der Waals surface area contributed by atoms with Gasteiger partial charge in [0.25, 0.3) is 5.69 Å². The van der Waals surface area contributed by atoms with E-state index in [4.69, 9.17) is 11.1 Å². The first kappa shape index (κ1) is 15.9. The van der Waals surface area contributed by atoms with Crippen LogP contribution < -0.4 is 5.73 Å². The molecule has 26 heavy (non-hydrogen) atoms. The standard InChI is InChI=1S/C21H20N5/c1-25(20-13-24-19-12-5-4-11-18(19)20)26(21(22)23)14-16-9-6-8-15-7-2-3-10-17(15)16/h2-13,24H,1,14H2,(H3,22,23)/q+1. The topological polar surface area (TPSA) is 71.9 Å². The van der Waals surface area contributed by atoms with Gasteiger partial charge in [-0.3, -0.25) is 5.41 Å². The zero-order valence-electron chi connectivity index (χ0n) is 14.3. The fourth-order valence-corrected chi connectivity index (χ4v) is 3.29. The van der Waals surface area contributed by atoms with E-state index in [9.17, 15) is 0 Å². The van der Waals surface area contributed by atoms with E-state index in [0.717, 1.165) is 32.9 Å². The van der Waals surface area contributed by atoms with Crippen LogP contribution in [0, 0.1) is 5.41 Å². The van der Waals surface area contributed by atoms with Crippen LogP contribution in [0.4, 0.5) is 5.69 Å². The summed E-state index contributed by atoms with van der Waals surface area (Å²) in [6, 6.07) is 22.4. The zero-order chi connectivity index (χ0) is 18.1. The normalized spacial score (nSPS) is 10.9. The molecule has 0 fully saturated rings. The number of hydrazone groups is 1. The van der Waals surface area contributed by atoms with Crippen LogP contribution in [-0.2, 0) is 6.54 Å². The highest BCUT2D eigenvalue weighted by Crippen LogP contribution is 2.27. The Hall–Kier alpha value is -3.60. The van der Waals surface area contributed by atoms with Gasteiger partial charge in [0, 0.05) is 0 Å². The van der Waals surface area contributed by atoms with E-state index >= 15 is 0 Å². The second kappa shape index (κ2) is 6.37. The van der Waals surface area contributed by atoms with Crippen LogP contribution in [0.1, 0.15) is 5.56 Å². The van der Waals surface area contributed by atoms with Crippen LogP contribution in [0.5, 0.6) is 0 Å². The number of aromatic nitrogens is 1. The number of para-hydroxylation sites is 1. The molecule has 5 heteroatoms. The molecule has 0 atom stereocenters. The Bertz CT molecular complexity index is 1120. The van der Waals surface area contributed by atoms with Crippen LogP contribution in [0.25, 0.3) is 21.7 Å². The van der Waals surface area contributed by atoms with E-state index in [1.807, 2.05) is 48.7 Å². The molecule has 0 radical (unpaired) electrons. The Kier molecular flexibility index (Phi) is 3.89. The van der Waals surface area contributed by atoms with E-state index in [0.29, 0.717) is 6.54 Å². The first-order valence-electron chi connectivity index (χ1n) is 8.40. The number of hydrogen-bond acceptors (Lipinski definition) is 1. The lowest BCUT2D eigenvalue weighted by Gasteiger charge is -2.18. The van der Waals surface area contributed by atoms with Gasteiger partial charge in [0.05, 0.1) is 17.1 Å². The average Bonchev–Trinajstić information content (AvgIpc) is 3.09. The van der Waals surface area contributed by atoms with E-state index in [1.165, 1.54) is 0 Å². The fraction of sp³-hybridized carbons (Fsp3) is 0.0476. The number of nitrogens with two attached hydrogens (primary N) is 1. The fourth-order valence-electron chi connectivity index (χ4n) is 3.29. The molecular weight excluding hydrogens is 322 g/mol. The summed E-state index contributed by atoms with van der Waals surface area (Å²) >= 11 is 0. The van der Waals surface area contributed by atoms with Crippen molar-refractivity contribution in [1.82, 2.24) is 9.99 Å². The highest BCUT2D eigenvalue weighted by molar-refractivity contribution is 5.89. The molecule has 0 aliphatic heterocycles. The average molecular weight is 342 g/mol. The number of hydrazine groups is 1. The molecule has 4 N–H and O–H groups in total. The van der Waals surface area contributed by atoms with Gasteiger partial charge in [0.1, 0.15) is 6.54 Å². The first-order valence-corrected chi connectivity index (χ1v) is 8.40. The molecule has 4 aromatic rings. The molecule has 1 aromatic heterocycles. The van der Waals surface area contributed by atoms with E-state index in [1.54, 1.807) is 9.69 Å². The third-order valence-corrected chi connectivity index (χ3v) is 4.62. The van der Waals surface area contributed by atoms with Gasteiger partial charge < -0.3 is 10.7 Å². The summed E-state index contributed by atoms with van der Waals surface area (Å²) in [6.07, 6.45) is 1.89. The second-order valence-electron chi connectivity index (χ2n) is 6.20. The predicted octanol–water partition coefficient (Wildman–Crippen LogP) is 3.98. The smallest absolute Gasteiger partial charge is 0.260 e. The number of hydrogen-bond donors (Lipinski definition) is 3. The van der Waals surface area contributed by atoms with Crippen molar-refractivity contribution in [2.75, 3.05) is 0 Å². The number of H-pyrrole nitrogens is 1. The molecule has 0 saturated carbocycles. The van der Waals surface area contributed by atoms with Crippen molar-refractivity contribution in [3.63, 3.8) is 0 Å². The molecule has 1 heterocycles. The molecule has 0 bridgehead atoms. The van der Waals surface area contributed by atoms with E-state index in [-0.39, 0.29) is 5.96 Å². The number of fused-ring (bicyclic) bond motifs is 2. The quantitative estimate of drug-likeness (QED) is 0.227. The maximum absolute atomic E-state index is 8.06. The summed E-state index contributed by atoms with van der Waals surface area (Å²) in [5.74, 6) is -0.0572. The Morgan fingerprint density at radius 3 is 2.50 bits per heavy atom. The molecule has 0 spiro atoms. The molecule has 0 amide bonds. The second-order valence-corrected chi connectivity index (χ2v) is 6.20. The van der Waals surface area contributed by atoms with Gasteiger partial charge in [-0.05, 0) is 28.5 Å². The van der Waals surface area contributed by atoms with Gasteiger partial charge in [0.2, 0.25) is 5.96 Å². The largest absolute Gasteiger partial charge is 0.366 e. The minimum Gasteiger partial charge on any atom is -0.366 e. The molecule has 5 nitrogen and oxygen atoms in total. The number of guanidine groups is 1. The minimum atomic E-state index is -0.0572. The Morgan fingerprint density at radius 2 is 1.69 bits per heavy atom. The number of benzene rings is 3. The monoisotopic (exact) mass is 342 g/mol. The number of nitrogens with one attached hydrogen (secondary N) is 2. The lowest BCUT2D eigenvalue weighted by atomic mass is 10.0. The van der Waals surface area contributed by atoms with Gasteiger partial charge in [-0.15, -0.1) is 5.01 Å². The molecule has 0 saturated heterocycles. The van der Waals surface area contributed by atoms with Crippen molar-refractivity contribution in [3.05, 3.63) is 78.5 Å². The van der Waals surface area contributed by atoms with E-state index < -0.39 is 0 Å². The van der Waals surface area contributed by atoms with Crippen LogP contribution in [0.15, 0.2) is 72.9 Å². The third kappa shape index (κ3) is 2.69. The lowest BCUT2D eigenvalue weighted by molar-refractivity contribution is -0.591. The third-order valence-electron chi connectivity index (χ3n) is 4.62. The van der Waals surface area contributed by atoms with Gasteiger partial charge in [-0.25, -0.2) is 0 Å². The zero-order valence-corrected chi connectivity index (χ0v) is 14.3. The molecule has 128 valence electrons. The maximum Gasteiger partial charge on any atom is 0.260 e. The summed E-state index contributed by atoms with van der Waals surface area (Å²) in [6.45, 7) is 4.60. The van der Waals surface area contributed by atoms with E-state index in [2.05, 4.69) is 36.0 Å². The molecule has 4 rings (SSSR count). The van der Waals surface area contributed by atoms with Gasteiger partial charge >= 0.3 is 0 Å². The van der Waals surface area contributed by atoms with Crippen molar-refractivity contribution in [2.24, 2.45) is 5.73 Å². The highest BCUT2D eigenvalue weighted by Gasteiger charge is 2.24. The van der Waals surface area contributed by atoms with Crippen molar-refractivity contribution in [1.29, 1.82) is 5.41 Å². The van der Waals surface area contributed by atoms with Crippen molar-refractivity contribution in [2.45, 2.75) is 6.54 Å². The van der Waals surface area contributed by atoms with Gasteiger partial charge in [-0.1, -0.05) is 59.3 Å². The molecule has 0 unspecified atom stereocenters. The first-order chi connectivity index (χ1) is 12.6. The molecule has 0 aliphatic rings. The summed E-state index contributed by atoms with van der Waals surface area (Å²) in [5, 5.41) is 13.1. The summed E-state index contributed by atoms with van der Waals surface area (Å²) < 4.78 is 1.68. The molecule has 0 aliphatic carbocycles. The van der Waals surface area contributed by atoms with Crippen molar-refractivity contribution >= 4 is 40.0 Å². The van der Waals surface area contributed by atoms with Crippen LogP contribution >= 0.6 is 0 Å². The predicted molar refractivity (Wildman–Crippen MR) is 107 cm³/mol. The Labute approximate surface area is 151 Å². The van der Waals surface area contributed by atoms with Gasteiger partial charge in [-0.2, -0.15) is 0 Å². The van der Waals surface area contributed by atoms with Crippen molar-refractivity contribution in [3.8, 4) is 0 Å². The summed E-state index contributed by atoms with van der Waals surface area (Å²) in [7, 11) is 0. The number of aromatic amines is 1. The summed E-state index contributed by atoms with van der Waals surface area (Å²) in [5.41, 5.74) is 8.88. The Morgan fingerprint density at radius 1 is 1.00 bits per heavy atom. The van der Waals surface area contributed by atoms with Crippen LogP contribution in [0.2, 0.25) is 0 Å². The maximum atomic E-state index is 8.06. The molecule has 3 aromatic carbocycles.